The standard InChI is InChI=1S/C27H21N3O8S2/c1-15(2)16-5-7-17(8-6-16)23-22(24(31)20-4-3-13-38-20)25(32)26(33)29(23)27-28-14-21(39-27)40(36,37)19-11-9-18(10-12-19)30(34)35/h3-15,23,32H,1-2H3. The van der Waals surface area contributed by atoms with Crippen molar-refractivity contribution in [2.75, 3.05) is 4.90 Å². The van der Waals surface area contributed by atoms with Crippen molar-refractivity contribution < 1.29 is 32.5 Å². The number of nitro benzene ring substituents is 1. The summed E-state index contributed by atoms with van der Waals surface area (Å²) >= 11 is 0.666. The van der Waals surface area contributed by atoms with Crippen molar-refractivity contribution in [3.05, 3.63) is 111 Å². The van der Waals surface area contributed by atoms with E-state index >= 15 is 0 Å². The first-order chi connectivity index (χ1) is 19.0. The van der Waals surface area contributed by atoms with Crippen LogP contribution in [0.3, 0.4) is 0 Å². The molecule has 0 spiro atoms. The number of sulfone groups is 1. The number of ketones is 1. The van der Waals surface area contributed by atoms with E-state index in [4.69, 9.17) is 4.42 Å². The Morgan fingerprint density at radius 1 is 1.12 bits per heavy atom. The molecule has 11 nitrogen and oxygen atoms in total. The van der Waals surface area contributed by atoms with Gasteiger partial charge in [0.05, 0.1) is 33.9 Å². The lowest BCUT2D eigenvalue weighted by molar-refractivity contribution is -0.384. The molecule has 0 saturated heterocycles. The number of carbonyl (C=O) groups is 2. The van der Waals surface area contributed by atoms with Crippen molar-refractivity contribution in [3.8, 4) is 0 Å². The first kappa shape index (κ1) is 27.0. The number of hydrogen-bond acceptors (Lipinski definition) is 10. The lowest BCUT2D eigenvalue weighted by atomic mass is 9.93. The monoisotopic (exact) mass is 579 g/mol. The van der Waals surface area contributed by atoms with Crippen LogP contribution in [0.5, 0.6) is 0 Å². The first-order valence-corrected chi connectivity index (χ1v) is 14.2. The molecule has 3 heterocycles. The van der Waals surface area contributed by atoms with E-state index in [0.29, 0.717) is 16.9 Å². The number of nitro groups is 1. The van der Waals surface area contributed by atoms with Gasteiger partial charge in [0.1, 0.15) is 4.21 Å². The number of amides is 1. The molecule has 13 heteroatoms. The molecule has 40 heavy (non-hydrogen) atoms. The minimum Gasteiger partial charge on any atom is -0.503 e. The van der Waals surface area contributed by atoms with Gasteiger partial charge in [-0.1, -0.05) is 49.4 Å². The molecule has 2 aromatic carbocycles. The van der Waals surface area contributed by atoms with Crippen LogP contribution in [-0.2, 0) is 14.6 Å². The molecule has 0 radical (unpaired) electrons. The van der Waals surface area contributed by atoms with Crippen LogP contribution in [0.1, 0.15) is 47.5 Å². The quantitative estimate of drug-likeness (QED) is 0.164. The molecular formula is C27H21N3O8S2. The van der Waals surface area contributed by atoms with Crippen LogP contribution in [0.2, 0.25) is 0 Å². The Bertz CT molecular complexity index is 1750. The third-order valence-corrected chi connectivity index (χ3v) is 9.65. The zero-order valence-electron chi connectivity index (χ0n) is 21.0. The Morgan fingerprint density at radius 2 is 1.80 bits per heavy atom. The van der Waals surface area contributed by atoms with Gasteiger partial charge in [0.2, 0.25) is 15.6 Å². The number of nitrogens with zero attached hydrogens (tertiary/aromatic N) is 3. The molecule has 5 rings (SSSR count). The van der Waals surface area contributed by atoms with E-state index in [1.165, 1.54) is 18.4 Å². The van der Waals surface area contributed by atoms with E-state index in [9.17, 15) is 33.2 Å². The molecule has 1 atom stereocenters. The molecule has 0 saturated carbocycles. The summed E-state index contributed by atoms with van der Waals surface area (Å²) in [5.74, 6) is -2.29. The summed E-state index contributed by atoms with van der Waals surface area (Å²) in [6, 6.07) is 13.3. The average molecular weight is 580 g/mol. The van der Waals surface area contributed by atoms with Gasteiger partial charge in [-0.2, -0.15) is 0 Å². The molecule has 1 amide bonds. The Kier molecular flexibility index (Phi) is 6.85. The van der Waals surface area contributed by atoms with Crippen molar-refractivity contribution in [2.45, 2.75) is 34.9 Å². The number of thiazole rings is 1. The van der Waals surface area contributed by atoms with Crippen LogP contribution in [0.25, 0.3) is 0 Å². The topological polar surface area (TPSA) is 161 Å². The minimum absolute atomic E-state index is 0.0720. The maximum atomic E-state index is 13.4. The number of rotatable bonds is 8. The van der Waals surface area contributed by atoms with E-state index in [-0.39, 0.29) is 37.2 Å². The number of Topliss-reactive ketones (excluding diaryl/α,β-unsaturated/α-hetero) is 1. The number of hydrogen-bond donors (Lipinski definition) is 1. The Labute approximate surface area is 232 Å². The van der Waals surface area contributed by atoms with Crippen molar-refractivity contribution in [3.63, 3.8) is 0 Å². The maximum Gasteiger partial charge on any atom is 0.296 e. The Morgan fingerprint density at radius 3 is 2.38 bits per heavy atom. The lowest BCUT2D eigenvalue weighted by Crippen LogP contribution is -2.31. The maximum absolute atomic E-state index is 13.4. The van der Waals surface area contributed by atoms with Crippen molar-refractivity contribution >= 4 is 43.7 Å². The molecule has 0 bridgehead atoms. The predicted octanol–water partition coefficient (Wildman–Crippen LogP) is 5.38. The van der Waals surface area contributed by atoms with Crippen LogP contribution in [0.4, 0.5) is 10.8 Å². The summed E-state index contributed by atoms with van der Waals surface area (Å²) in [6.45, 7) is 4.03. The third-order valence-electron chi connectivity index (χ3n) is 6.42. The highest BCUT2D eigenvalue weighted by molar-refractivity contribution is 7.93. The normalized spacial score (nSPS) is 15.7. The molecule has 204 valence electrons. The molecular weight excluding hydrogens is 558 g/mol. The van der Waals surface area contributed by atoms with Gasteiger partial charge in [-0.3, -0.25) is 24.6 Å². The first-order valence-electron chi connectivity index (χ1n) is 11.9. The molecule has 1 aliphatic heterocycles. The second kappa shape index (κ2) is 10.2. The second-order valence-electron chi connectivity index (χ2n) is 9.18. The summed E-state index contributed by atoms with van der Waals surface area (Å²) in [5.41, 5.74) is 1.00. The molecule has 0 aliphatic carbocycles. The highest BCUT2D eigenvalue weighted by atomic mass is 32.2. The summed E-state index contributed by atoms with van der Waals surface area (Å²) in [6.07, 6.45) is 2.36. The van der Waals surface area contributed by atoms with Gasteiger partial charge in [-0.05, 0) is 41.3 Å². The Hall–Kier alpha value is -4.62. The largest absolute Gasteiger partial charge is 0.503 e. The van der Waals surface area contributed by atoms with Crippen LogP contribution in [0, 0.1) is 10.1 Å². The molecule has 1 aliphatic rings. The fraction of sp³-hybridized carbons (Fsp3) is 0.148. The summed E-state index contributed by atoms with van der Waals surface area (Å²) in [7, 11) is -4.15. The molecule has 1 N–H and O–H groups in total. The number of carbonyl (C=O) groups excluding carboxylic acids is 2. The lowest BCUT2D eigenvalue weighted by Gasteiger charge is -2.24. The predicted molar refractivity (Wildman–Crippen MR) is 144 cm³/mol. The summed E-state index contributed by atoms with van der Waals surface area (Å²) < 4.78 is 31.5. The van der Waals surface area contributed by atoms with Crippen molar-refractivity contribution in [2.24, 2.45) is 0 Å². The molecule has 0 fully saturated rings. The molecule has 1 unspecified atom stereocenters. The van der Waals surface area contributed by atoms with E-state index in [1.54, 1.807) is 12.1 Å². The van der Waals surface area contributed by atoms with Crippen molar-refractivity contribution in [1.29, 1.82) is 0 Å². The van der Waals surface area contributed by atoms with Crippen LogP contribution < -0.4 is 4.90 Å². The van der Waals surface area contributed by atoms with Gasteiger partial charge >= 0.3 is 0 Å². The molecule has 2 aromatic heterocycles. The van der Waals surface area contributed by atoms with E-state index in [2.05, 4.69) is 4.98 Å². The SMILES string of the molecule is CC(C)c1ccc(C2C(C(=O)c3ccco3)=C(O)C(=O)N2c2ncc(S(=O)(=O)c3ccc([N+](=O)[O-])cc3)s2)cc1. The van der Waals surface area contributed by atoms with Gasteiger partial charge in [-0.15, -0.1) is 0 Å². The smallest absolute Gasteiger partial charge is 0.296 e. The van der Waals surface area contributed by atoms with E-state index in [0.717, 1.165) is 40.9 Å². The highest BCUT2D eigenvalue weighted by Gasteiger charge is 2.46. The minimum atomic E-state index is -4.15. The summed E-state index contributed by atoms with van der Waals surface area (Å²) in [4.78, 5) is 42.1. The second-order valence-corrected chi connectivity index (χ2v) is 12.4. The van der Waals surface area contributed by atoms with Crippen molar-refractivity contribution in [1.82, 2.24) is 4.98 Å². The fourth-order valence-electron chi connectivity index (χ4n) is 4.30. The fourth-order valence-corrected chi connectivity index (χ4v) is 6.85. The number of benzene rings is 2. The van der Waals surface area contributed by atoms with Crippen LogP contribution in [-0.4, -0.2) is 35.1 Å². The number of aliphatic hydroxyl groups excluding tert-OH is 1. The average Bonchev–Trinajstić information content (AvgIpc) is 3.69. The van der Waals surface area contributed by atoms with Gasteiger partial charge in [0.15, 0.2) is 16.7 Å². The van der Waals surface area contributed by atoms with E-state index in [1.807, 2.05) is 26.0 Å². The van der Waals surface area contributed by atoms with Gasteiger partial charge < -0.3 is 9.52 Å². The highest BCUT2D eigenvalue weighted by Crippen LogP contribution is 2.44. The molecule has 4 aromatic rings. The van der Waals surface area contributed by atoms with Crippen LogP contribution in [0.15, 0.2) is 98.0 Å². The van der Waals surface area contributed by atoms with E-state index < -0.39 is 38.3 Å². The number of furan rings is 1. The van der Waals surface area contributed by atoms with Gasteiger partial charge in [0.25, 0.3) is 11.6 Å². The summed E-state index contributed by atoms with van der Waals surface area (Å²) in [5, 5.41) is 21.8. The zero-order valence-corrected chi connectivity index (χ0v) is 22.7. The van der Waals surface area contributed by atoms with Gasteiger partial charge in [-0.25, -0.2) is 13.4 Å². The van der Waals surface area contributed by atoms with Crippen LogP contribution >= 0.6 is 11.3 Å². The third kappa shape index (κ3) is 4.58. The number of anilines is 1. The number of non-ortho nitro benzene ring substituents is 1. The van der Waals surface area contributed by atoms with Gasteiger partial charge in [0, 0.05) is 12.1 Å². The number of aliphatic hydroxyl groups is 1. The zero-order chi connectivity index (χ0) is 28.8. The number of aromatic nitrogens is 1. The Balaban J connectivity index is 1.58.